The van der Waals surface area contributed by atoms with E-state index in [4.69, 9.17) is 14.2 Å². The van der Waals surface area contributed by atoms with E-state index in [0.717, 1.165) is 23.8 Å². The second-order valence-electron chi connectivity index (χ2n) is 5.95. The molecule has 3 aliphatic rings. The van der Waals surface area contributed by atoms with Gasteiger partial charge in [-0.25, -0.2) is 0 Å². The molecule has 0 bridgehead atoms. The lowest BCUT2D eigenvalue weighted by Crippen LogP contribution is -2.34. The molecule has 4 nitrogen and oxygen atoms in total. The fraction of sp³-hybridized carbons (Fsp3) is 0.294. The van der Waals surface area contributed by atoms with E-state index in [0.29, 0.717) is 13.4 Å². The van der Waals surface area contributed by atoms with Gasteiger partial charge in [-0.3, -0.25) is 0 Å². The Morgan fingerprint density at radius 1 is 0.952 bits per heavy atom. The number of benzene rings is 2. The van der Waals surface area contributed by atoms with E-state index in [1.807, 2.05) is 6.07 Å². The summed E-state index contributed by atoms with van der Waals surface area (Å²) in [6.07, 6.45) is 0. The Balaban J connectivity index is 1.75. The fourth-order valence-corrected chi connectivity index (χ4v) is 3.84. The molecule has 0 radical (unpaired) electrons. The molecule has 3 heterocycles. The van der Waals surface area contributed by atoms with Gasteiger partial charge < -0.3 is 19.1 Å². The minimum Gasteiger partial charge on any atom is -0.492 e. The molecule has 0 saturated carbocycles. The van der Waals surface area contributed by atoms with Crippen LogP contribution in [0, 0.1) is 0 Å². The summed E-state index contributed by atoms with van der Waals surface area (Å²) in [6, 6.07) is 12.6. The molecule has 0 amide bonds. The Kier molecular flexibility index (Phi) is 1.96. The van der Waals surface area contributed by atoms with Crippen LogP contribution in [0.25, 0.3) is 0 Å². The van der Waals surface area contributed by atoms with Crippen LogP contribution in [0.15, 0.2) is 36.4 Å². The van der Waals surface area contributed by atoms with Gasteiger partial charge in [-0.05, 0) is 17.7 Å². The molecule has 3 aliphatic heterocycles. The molecule has 0 saturated heterocycles. The maximum absolute atomic E-state index is 6.00. The SMILES string of the molecule is CN1CC2(COc3cc4c(cc32)OCO4)c2ccccc21. The van der Waals surface area contributed by atoms with E-state index in [9.17, 15) is 0 Å². The smallest absolute Gasteiger partial charge is 0.231 e. The molecule has 1 unspecified atom stereocenters. The lowest BCUT2D eigenvalue weighted by Gasteiger charge is -2.23. The molecule has 1 spiro atoms. The molecule has 21 heavy (non-hydrogen) atoms. The van der Waals surface area contributed by atoms with E-state index >= 15 is 0 Å². The molecule has 0 N–H and O–H groups in total. The summed E-state index contributed by atoms with van der Waals surface area (Å²) >= 11 is 0. The highest BCUT2D eigenvalue weighted by atomic mass is 16.7. The first-order chi connectivity index (χ1) is 10.3. The minimum atomic E-state index is -0.0956. The van der Waals surface area contributed by atoms with Crippen molar-refractivity contribution in [2.75, 3.05) is 31.9 Å². The predicted molar refractivity (Wildman–Crippen MR) is 78.6 cm³/mol. The number of anilines is 1. The number of nitrogens with zero attached hydrogens (tertiary/aromatic N) is 1. The number of hydrogen-bond acceptors (Lipinski definition) is 4. The number of rotatable bonds is 0. The first-order valence-corrected chi connectivity index (χ1v) is 7.15. The van der Waals surface area contributed by atoms with Gasteiger partial charge in [-0.2, -0.15) is 0 Å². The van der Waals surface area contributed by atoms with Gasteiger partial charge in [0.1, 0.15) is 12.4 Å². The quantitative estimate of drug-likeness (QED) is 0.742. The molecule has 0 aromatic heterocycles. The molecule has 2 aromatic carbocycles. The van der Waals surface area contributed by atoms with Crippen molar-refractivity contribution in [3.8, 4) is 17.2 Å². The summed E-state index contributed by atoms with van der Waals surface area (Å²) in [4.78, 5) is 2.30. The van der Waals surface area contributed by atoms with Crippen molar-refractivity contribution < 1.29 is 14.2 Å². The van der Waals surface area contributed by atoms with E-state index in [2.05, 4.69) is 42.3 Å². The van der Waals surface area contributed by atoms with Gasteiger partial charge >= 0.3 is 0 Å². The minimum absolute atomic E-state index is 0.0956. The summed E-state index contributed by atoms with van der Waals surface area (Å²) in [5, 5.41) is 0. The van der Waals surface area contributed by atoms with Crippen LogP contribution in [0.5, 0.6) is 17.2 Å². The Morgan fingerprint density at radius 2 is 1.76 bits per heavy atom. The van der Waals surface area contributed by atoms with Crippen LogP contribution in [0.2, 0.25) is 0 Å². The zero-order valence-corrected chi connectivity index (χ0v) is 11.8. The van der Waals surface area contributed by atoms with Crippen LogP contribution in [0.3, 0.4) is 0 Å². The Labute approximate surface area is 122 Å². The second-order valence-corrected chi connectivity index (χ2v) is 5.95. The van der Waals surface area contributed by atoms with E-state index < -0.39 is 0 Å². The summed E-state index contributed by atoms with van der Waals surface area (Å²) in [5.74, 6) is 2.53. The average molecular weight is 281 g/mol. The zero-order chi connectivity index (χ0) is 14.0. The number of likely N-dealkylation sites (N-methyl/N-ethyl adjacent to an activating group) is 1. The Bertz CT molecular complexity index is 758. The van der Waals surface area contributed by atoms with Gasteiger partial charge in [-0.15, -0.1) is 0 Å². The average Bonchev–Trinajstić information content (AvgIpc) is 3.17. The zero-order valence-electron chi connectivity index (χ0n) is 11.8. The summed E-state index contributed by atoms with van der Waals surface area (Å²) in [7, 11) is 2.14. The molecular weight excluding hydrogens is 266 g/mol. The monoisotopic (exact) mass is 281 g/mol. The van der Waals surface area contributed by atoms with Crippen molar-refractivity contribution in [2.24, 2.45) is 0 Å². The topological polar surface area (TPSA) is 30.9 Å². The van der Waals surface area contributed by atoms with Gasteiger partial charge in [0, 0.05) is 30.9 Å². The maximum atomic E-state index is 6.00. The Morgan fingerprint density at radius 3 is 2.67 bits per heavy atom. The normalized spacial score (nSPS) is 24.1. The highest BCUT2D eigenvalue weighted by molar-refractivity contribution is 5.70. The third-order valence-electron chi connectivity index (χ3n) is 4.80. The van der Waals surface area contributed by atoms with Gasteiger partial charge in [0.2, 0.25) is 6.79 Å². The van der Waals surface area contributed by atoms with Crippen molar-refractivity contribution >= 4 is 5.69 Å². The highest BCUT2D eigenvalue weighted by Crippen LogP contribution is 2.53. The van der Waals surface area contributed by atoms with E-state index in [1.165, 1.54) is 16.8 Å². The number of ether oxygens (including phenoxy) is 3. The summed E-state index contributed by atoms with van der Waals surface area (Å²) in [6.45, 7) is 1.90. The van der Waals surface area contributed by atoms with Crippen LogP contribution in [-0.4, -0.2) is 27.0 Å². The van der Waals surface area contributed by atoms with Crippen molar-refractivity contribution in [1.82, 2.24) is 0 Å². The first-order valence-electron chi connectivity index (χ1n) is 7.15. The highest BCUT2D eigenvalue weighted by Gasteiger charge is 2.49. The third kappa shape index (κ3) is 1.30. The van der Waals surface area contributed by atoms with Crippen LogP contribution in [0.4, 0.5) is 5.69 Å². The molecule has 1 atom stereocenters. The van der Waals surface area contributed by atoms with Crippen LogP contribution in [-0.2, 0) is 5.41 Å². The lowest BCUT2D eigenvalue weighted by molar-refractivity contribution is 0.173. The van der Waals surface area contributed by atoms with Gasteiger partial charge in [-0.1, -0.05) is 18.2 Å². The van der Waals surface area contributed by atoms with Crippen LogP contribution >= 0.6 is 0 Å². The molecular formula is C17H15NO3. The number of fused-ring (bicyclic) bond motifs is 5. The van der Waals surface area contributed by atoms with Gasteiger partial charge in [0.05, 0.1) is 5.41 Å². The second kappa shape index (κ2) is 3.64. The summed E-state index contributed by atoms with van der Waals surface area (Å²) < 4.78 is 17.0. The van der Waals surface area contributed by atoms with Crippen molar-refractivity contribution in [1.29, 1.82) is 0 Å². The standard InChI is InChI=1S/C17H15NO3/c1-18-8-17(11-4-2-3-5-13(11)18)9-19-14-7-16-15(6-12(14)17)20-10-21-16/h2-7H,8-10H2,1H3. The Hall–Kier alpha value is -2.36. The third-order valence-corrected chi connectivity index (χ3v) is 4.80. The largest absolute Gasteiger partial charge is 0.492 e. The molecule has 2 aromatic rings. The molecule has 0 fully saturated rings. The molecule has 106 valence electrons. The lowest BCUT2D eigenvalue weighted by atomic mass is 9.77. The maximum Gasteiger partial charge on any atom is 0.231 e. The van der Waals surface area contributed by atoms with E-state index in [-0.39, 0.29) is 5.41 Å². The predicted octanol–water partition coefficient (Wildman–Crippen LogP) is 2.54. The first kappa shape index (κ1) is 11.3. The van der Waals surface area contributed by atoms with Crippen molar-refractivity contribution in [3.05, 3.63) is 47.5 Å². The molecule has 5 rings (SSSR count). The van der Waals surface area contributed by atoms with E-state index in [1.54, 1.807) is 0 Å². The summed E-state index contributed by atoms with van der Waals surface area (Å²) in [5.41, 5.74) is 3.74. The number of para-hydroxylation sites is 1. The molecule has 0 aliphatic carbocycles. The fourth-order valence-electron chi connectivity index (χ4n) is 3.84. The van der Waals surface area contributed by atoms with Crippen molar-refractivity contribution in [3.63, 3.8) is 0 Å². The van der Waals surface area contributed by atoms with Crippen LogP contribution < -0.4 is 19.1 Å². The van der Waals surface area contributed by atoms with Crippen molar-refractivity contribution in [2.45, 2.75) is 5.41 Å². The van der Waals surface area contributed by atoms with Crippen LogP contribution in [0.1, 0.15) is 11.1 Å². The number of hydrogen-bond donors (Lipinski definition) is 0. The van der Waals surface area contributed by atoms with Gasteiger partial charge in [0.15, 0.2) is 11.5 Å². The molecule has 4 heteroatoms. The van der Waals surface area contributed by atoms with Gasteiger partial charge in [0.25, 0.3) is 0 Å².